The Balaban J connectivity index is 4.56. The molecule has 0 aliphatic heterocycles. The molecule has 15 heavy (non-hydrogen) atoms. The summed E-state index contributed by atoms with van der Waals surface area (Å²) >= 11 is 0. The van der Waals surface area contributed by atoms with E-state index in [0.717, 1.165) is 0 Å². The van der Waals surface area contributed by atoms with Gasteiger partial charge < -0.3 is 0 Å². The summed E-state index contributed by atoms with van der Waals surface area (Å²) < 4.78 is 0. The van der Waals surface area contributed by atoms with E-state index in [-0.39, 0.29) is 7.61 Å². The molecule has 0 radical (unpaired) electrons. The summed E-state index contributed by atoms with van der Waals surface area (Å²) in [5.74, 6) is 0. The SMILES string of the molecule is C=P(CCC)(CCC)P(CCC)CCC. The van der Waals surface area contributed by atoms with Gasteiger partial charge in [0, 0.05) is 0 Å². The van der Waals surface area contributed by atoms with Gasteiger partial charge in [-0.15, -0.1) is 0 Å². The predicted octanol–water partition coefficient (Wildman–Crippen LogP) is 5.47. The third-order valence-electron chi connectivity index (χ3n) is 2.84. The molecule has 0 bridgehead atoms. The summed E-state index contributed by atoms with van der Waals surface area (Å²) in [5, 5.41) is 0. The third kappa shape index (κ3) is 5.55. The summed E-state index contributed by atoms with van der Waals surface area (Å²) in [7, 11) is 0.282. The van der Waals surface area contributed by atoms with Crippen LogP contribution in [-0.4, -0.2) is 30.9 Å². The lowest BCUT2D eigenvalue weighted by Gasteiger charge is -2.34. The fourth-order valence-electron chi connectivity index (χ4n) is 2.28. The van der Waals surface area contributed by atoms with E-state index in [1.807, 2.05) is 0 Å². The van der Waals surface area contributed by atoms with Gasteiger partial charge in [0.2, 0.25) is 0 Å². The highest BCUT2D eigenvalue weighted by molar-refractivity contribution is 8.37. The molecule has 0 aliphatic rings. The number of rotatable bonds is 9. The predicted molar refractivity (Wildman–Crippen MR) is 81.6 cm³/mol. The van der Waals surface area contributed by atoms with Crippen LogP contribution in [-0.2, 0) is 0 Å². The van der Waals surface area contributed by atoms with Crippen LogP contribution >= 0.6 is 14.2 Å². The van der Waals surface area contributed by atoms with Crippen molar-refractivity contribution in [1.29, 1.82) is 0 Å². The van der Waals surface area contributed by atoms with Crippen molar-refractivity contribution in [2.24, 2.45) is 0 Å². The largest absolute Gasteiger partial charge is 0.0967 e. The maximum absolute atomic E-state index is 4.73. The lowest BCUT2D eigenvalue weighted by molar-refractivity contribution is 1.04. The Morgan fingerprint density at radius 3 is 1.47 bits per heavy atom. The van der Waals surface area contributed by atoms with E-state index in [1.54, 1.807) is 0 Å². The summed E-state index contributed by atoms with van der Waals surface area (Å²) in [6.45, 7) is 8.55. The summed E-state index contributed by atoms with van der Waals surface area (Å²) in [5.41, 5.74) is 0. The Morgan fingerprint density at radius 1 is 0.800 bits per heavy atom. The first-order chi connectivity index (χ1) is 7.14. The minimum absolute atomic E-state index is 0.282. The van der Waals surface area contributed by atoms with E-state index in [2.05, 4.69) is 27.7 Å². The van der Waals surface area contributed by atoms with E-state index < -0.39 is 6.57 Å². The molecule has 0 nitrogen and oxygen atoms in total. The Morgan fingerprint density at radius 2 is 1.20 bits per heavy atom. The third-order valence-corrected chi connectivity index (χ3v) is 14.5. The molecule has 0 rings (SSSR count). The molecule has 0 aromatic heterocycles. The van der Waals surface area contributed by atoms with E-state index in [4.69, 9.17) is 6.30 Å². The lowest BCUT2D eigenvalue weighted by atomic mass is 10.6. The maximum Gasteiger partial charge on any atom is -0.0290 e. The van der Waals surface area contributed by atoms with Gasteiger partial charge in [0.1, 0.15) is 0 Å². The van der Waals surface area contributed by atoms with Crippen molar-refractivity contribution in [3.05, 3.63) is 0 Å². The fraction of sp³-hybridized carbons (Fsp3) is 0.923. The minimum Gasteiger partial charge on any atom is -0.0967 e. The summed E-state index contributed by atoms with van der Waals surface area (Å²) in [4.78, 5) is 0. The Bertz CT molecular complexity index is 171. The molecule has 0 saturated carbocycles. The number of hydrogen-bond donors (Lipinski definition) is 0. The molecule has 0 atom stereocenters. The van der Waals surface area contributed by atoms with Crippen molar-refractivity contribution in [3.8, 4) is 0 Å². The summed E-state index contributed by atoms with van der Waals surface area (Å²) in [6.07, 6.45) is 16.0. The van der Waals surface area contributed by atoms with Crippen LogP contribution in [0.3, 0.4) is 0 Å². The van der Waals surface area contributed by atoms with Crippen LogP contribution in [0.1, 0.15) is 53.4 Å². The van der Waals surface area contributed by atoms with Gasteiger partial charge in [0.15, 0.2) is 0 Å². The van der Waals surface area contributed by atoms with Crippen LogP contribution in [0.5, 0.6) is 0 Å². The first kappa shape index (κ1) is 15.7. The van der Waals surface area contributed by atoms with Gasteiger partial charge in [-0.1, -0.05) is 73.9 Å². The van der Waals surface area contributed by atoms with Crippen molar-refractivity contribution < 1.29 is 0 Å². The molecular formula is C13H30P2. The second-order valence-corrected chi connectivity index (χ2v) is 13.7. The van der Waals surface area contributed by atoms with Gasteiger partial charge in [-0.25, -0.2) is 0 Å². The highest BCUT2D eigenvalue weighted by atomic mass is 32.1. The molecule has 92 valence electrons. The standard InChI is InChI=1S/C13H30P2/c1-6-10-14(11-7-2)15(5,12-8-3)13-9-4/h5-13H2,1-4H3. The second-order valence-electron chi connectivity index (χ2n) is 4.50. The molecule has 0 aromatic rings. The summed E-state index contributed by atoms with van der Waals surface area (Å²) in [6, 6.07) is 0. The molecule has 0 amide bonds. The average Bonchev–Trinajstić information content (AvgIpc) is 2.18. The molecule has 0 fully saturated rings. The van der Waals surface area contributed by atoms with Crippen LogP contribution < -0.4 is 0 Å². The normalized spacial score (nSPS) is 12.3. The Hall–Kier alpha value is 0.730. The highest BCUT2D eigenvalue weighted by Gasteiger charge is 2.22. The first-order valence-electron chi connectivity index (χ1n) is 6.61. The van der Waals surface area contributed by atoms with E-state index in [1.165, 1.54) is 50.3 Å². The molecule has 0 unspecified atom stereocenters. The van der Waals surface area contributed by atoms with Gasteiger partial charge in [-0.2, -0.15) is 0 Å². The van der Waals surface area contributed by atoms with Crippen LogP contribution in [0.4, 0.5) is 0 Å². The van der Waals surface area contributed by atoms with E-state index >= 15 is 0 Å². The molecular weight excluding hydrogens is 218 g/mol. The van der Waals surface area contributed by atoms with Crippen LogP contribution in [0.15, 0.2) is 0 Å². The minimum atomic E-state index is -0.798. The topological polar surface area (TPSA) is 0 Å². The van der Waals surface area contributed by atoms with Crippen molar-refractivity contribution in [2.75, 3.05) is 24.6 Å². The monoisotopic (exact) mass is 248 g/mol. The van der Waals surface area contributed by atoms with Gasteiger partial charge in [-0.3, -0.25) is 0 Å². The van der Waals surface area contributed by atoms with E-state index in [0.29, 0.717) is 0 Å². The molecule has 0 N–H and O–H groups in total. The molecule has 0 aromatic carbocycles. The smallest absolute Gasteiger partial charge is 0.0290 e. The maximum atomic E-state index is 4.73. The van der Waals surface area contributed by atoms with Gasteiger partial charge >= 0.3 is 0 Å². The average molecular weight is 248 g/mol. The van der Waals surface area contributed by atoms with Crippen LogP contribution in [0, 0.1) is 0 Å². The second kappa shape index (κ2) is 8.83. The quantitative estimate of drug-likeness (QED) is 0.474. The molecule has 0 spiro atoms. The molecule has 0 aliphatic carbocycles. The zero-order chi connectivity index (χ0) is 11.7. The van der Waals surface area contributed by atoms with Crippen molar-refractivity contribution in [2.45, 2.75) is 53.4 Å². The van der Waals surface area contributed by atoms with Gasteiger partial charge in [0.05, 0.1) is 0 Å². The fourth-order valence-corrected chi connectivity index (χ4v) is 13.5. The van der Waals surface area contributed by atoms with E-state index in [9.17, 15) is 0 Å². The zero-order valence-electron chi connectivity index (χ0n) is 11.3. The van der Waals surface area contributed by atoms with Crippen LogP contribution in [0.25, 0.3) is 0 Å². The van der Waals surface area contributed by atoms with Crippen molar-refractivity contribution in [1.82, 2.24) is 0 Å². The molecule has 2 heteroatoms. The van der Waals surface area contributed by atoms with Gasteiger partial charge in [0.25, 0.3) is 0 Å². The van der Waals surface area contributed by atoms with Crippen LogP contribution in [0.2, 0.25) is 0 Å². The Kier molecular flexibility index (Phi) is 9.26. The molecule has 0 saturated heterocycles. The molecule has 0 heterocycles. The first-order valence-corrected chi connectivity index (χ1v) is 11.4. The van der Waals surface area contributed by atoms with Gasteiger partial charge in [-0.05, 0) is 24.6 Å². The number of hydrogen-bond acceptors (Lipinski definition) is 0. The Labute approximate surface area is 98.9 Å². The zero-order valence-corrected chi connectivity index (χ0v) is 13.0. The highest BCUT2D eigenvalue weighted by Crippen LogP contribution is 2.75. The lowest BCUT2D eigenvalue weighted by Crippen LogP contribution is -1.99. The van der Waals surface area contributed by atoms with Crippen molar-refractivity contribution in [3.63, 3.8) is 0 Å². The van der Waals surface area contributed by atoms with Crippen molar-refractivity contribution >= 4 is 20.5 Å².